The average Bonchev–Trinajstić information content (AvgIpc) is 3.01. The predicted molar refractivity (Wildman–Crippen MR) is 114 cm³/mol. The van der Waals surface area contributed by atoms with Crippen LogP contribution in [-0.4, -0.2) is 30.8 Å². The number of methoxy groups -OCH3 is 1. The lowest BCUT2D eigenvalue weighted by molar-refractivity contribution is -0.142. The highest BCUT2D eigenvalue weighted by Gasteiger charge is 2.24. The summed E-state index contributed by atoms with van der Waals surface area (Å²) in [6, 6.07) is 13.0. The number of halogens is 1. The van der Waals surface area contributed by atoms with Gasteiger partial charge in [0.2, 0.25) is 0 Å². The third kappa shape index (κ3) is 5.24. The van der Waals surface area contributed by atoms with Gasteiger partial charge in [-0.25, -0.2) is 9.79 Å². The number of carbonyl (C=O) groups is 2. The number of amidine groups is 1. The lowest BCUT2D eigenvalue weighted by atomic mass is 10.2. The normalized spacial score (nSPS) is 16.3. The van der Waals surface area contributed by atoms with Crippen molar-refractivity contribution in [3.05, 3.63) is 63.0 Å². The number of benzene rings is 2. The second-order valence-electron chi connectivity index (χ2n) is 5.86. The number of nitrogens with one attached hydrogen (secondary N) is 1. The maximum atomic E-state index is 12.3. The fraction of sp³-hybridized carbons (Fsp3) is 0.150. The average molecular weight is 461 g/mol. The van der Waals surface area contributed by atoms with Gasteiger partial charge in [0.25, 0.3) is 5.91 Å². The molecule has 2 aromatic rings. The zero-order valence-corrected chi connectivity index (χ0v) is 17.6. The van der Waals surface area contributed by atoms with E-state index in [2.05, 4.69) is 31.0 Å². The van der Waals surface area contributed by atoms with Gasteiger partial charge in [-0.15, -0.1) is 0 Å². The molecular weight excluding hydrogens is 444 g/mol. The van der Waals surface area contributed by atoms with E-state index in [1.54, 1.807) is 18.2 Å². The molecule has 1 aliphatic rings. The minimum Gasteiger partial charge on any atom is -0.481 e. The van der Waals surface area contributed by atoms with E-state index < -0.39 is 5.97 Å². The van der Waals surface area contributed by atoms with E-state index in [1.165, 1.54) is 18.9 Å². The molecule has 144 valence electrons. The number of carbonyl (C=O) groups excluding carboxylic acids is 2. The largest absolute Gasteiger partial charge is 0.481 e. The highest BCUT2D eigenvalue weighted by atomic mass is 79.9. The first-order chi connectivity index (χ1) is 13.4. The molecule has 0 bridgehead atoms. The number of esters is 1. The van der Waals surface area contributed by atoms with Gasteiger partial charge >= 0.3 is 5.97 Å². The topological polar surface area (TPSA) is 77.0 Å². The van der Waals surface area contributed by atoms with Crippen molar-refractivity contribution in [2.24, 2.45) is 4.99 Å². The Balaban J connectivity index is 1.83. The molecule has 28 heavy (non-hydrogen) atoms. The summed E-state index contributed by atoms with van der Waals surface area (Å²) in [5, 5.41) is 3.27. The molecule has 0 radical (unpaired) electrons. The molecule has 1 fully saturated rings. The number of thioether (sulfide) groups is 1. The minimum absolute atomic E-state index is 0.215. The third-order valence-corrected chi connectivity index (χ3v) is 5.15. The van der Waals surface area contributed by atoms with Crippen LogP contribution < -0.4 is 10.1 Å². The van der Waals surface area contributed by atoms with Gasteiger partial charge in [0, 0.05) is 10.0 Å². The summed E-state index contributed by atoms with van der Waals surface area (Å²) < 4.78 is 10.9. The van der Waals surface area contributed by atoms with Crippen LogP contribution in [0.5, 0.6) is 5.75 Å². The summed E-state index contributed by atoms with van der Waals surface area (Å²) in [6.07, 6.45) is 1.70. The summed E-state index contributed by atoms with van der Waals surface area (Å²) in [4.78, 5) is 28.6. The summed E-state index contributed by atoms with van der Waals surface area (Å²) >= 11 is 4.65. The number of ether oxygens (including phenoxy) is 2. The van der Waals surface area contributed by atoms with Gasteiger partial charge in [-0.1, -0.05) is 33.6 Å². The Morgan fingerprint density at radius 1 is 1.25 bits per heavy atom. The molecule has 3 rings (SSSR count). The van der Waals surface area contributed by atoms with Crippen LogP contribution in [0.4, 0.5) is 5.69 Å². The Morgan fingerprint density at radius 3 is 2.71 bits per heavy atom. The van der Waals surface area contributed by atoms with E-state index in [1.807, 2.05) is 37.3 Å². The molecule has 0 atom stereocenters. The standard InChI is InChI=1S/C20H17BrN2O4S/c1-12-3-6-15(7-4-12)22-20-23-19(25)17(28-20)10-13-9-14(21)5-8-16(13)27-11-18(24)26-2/h3-10H,11H2,1-2H3,(H,22,23,25)/b17-10+. The van der Waals surface area contributed by atoms with Crippen molar-refractivity contribution < 1.29 is 19.1 Å². The fourth-order valence-electron chi connectivity index (χ4n) is 2.32. The zero-order valence-electron chi connectivity index (χ0n) is 15.2. The van der Waals surface area contributed by atoms with Gasteiger partial charge < -0.3 is 14.8 Å². The second kappa shape index (κ2) is 9.07. The SMILES string of the molecule is COC(=O)COc1ccc(Br)cc1/C=C1/SC(=Nc2ccc(C)cc2)NC1=O. The molecular formula is C20H17BrN2O4S. The predicted octanol–water partition coefficient (Wildman–Crippen LogP) is 4.20. The summed E-state index contributed by atoms with van der Waals surface area (Å²) in [5.74, 6) is -0.254. The number of amides is 1. The van der Waals surface area contributed by atoms with Crippen LogP contribution >= 0.6 is 27.7 Å². The smallest absolute Gasteiger partial charge is 0.343 e. The molecule has 6 nitrogen and oxygen atoms in total. The Labute approximate surface area is 175 Å². The van der Waals surface area contributed by atoms with E-state index in [0.717, 1.165) is 15.7 Å². The van der Waals surface area contributed by atoms with Crippen LogP contribution in [0, 0.1) is 6.92 Å². The van der Waals surface area contributed by atoms with Crippen molar-refractivity contribution in [2.45, 2.75) is 6.92 Å². The fourth-order valence-corrected chi connectivity index (χ4v) is 3.53. The number of hydrogen-bond donors (Lipinski definition) is 1. The molecule has 1 amide bonds. The zero-order chi connectivity index (χ0) is 20.1. The van der Waals surface area contributed by atoms with Crippen molar-refractivity contribution in [3.8, 4) is 5.75 Å². The van der Waals surface area contributed by atoms with E-state index in [0.29, 0.717) is 21.4 Å². The number of nitrogens with zero attached hydrogens (tertiary/aromatic N) is 1. The quantitative estimate of drug-likeness (QED) is 0.534. The Morgan fingerprint density at radius 2 is 2.00 bits per heavy atom. The molecule has 1 saturated heterocycles. The molecule has 2 aromatic carbocycles. The number of aliphatic imine (C=N–C) groups is 1. The van der Waals surface area contributed by atoms with Gasteiger partial charge in [-0.3, -0.25) is 4.79 Å². The van der Waals surface area contributed by atoms with Crippen molar-refractivity contribution in [3.63, 3.8) is 0 Å². The van der Waals surface area contributed by atoms with Gasteiger partial charge in [0.1, 0.15) is 5.75 Å². The van der Waals surface area contributed by atoms with E-state index >= 15 is 0 Å². The van der Waals surface area contributed by atoms with Crippen molar-refractivity contribution >= 4 is 56.5 Å². The monoisotopic (exact) mass is 460 g/mol. The summed E-state index contributed by atoms with van der Waals surface area (Å²) in [5.41, 5.74) is 2.56. The number of hydrogen-bond acceptors (Lipinski definition) is 6. The molecule has 0 aliphatic carbocycles. The Hall–Kier alpha value is -2.58. The molecule has 0 aromatic heterocycles. The second-order valence-corrected chi connectivity index (χ2v) is 7.81. The van der Waals surface area contributed by atoms with E-state index in [-0.39, 0.29) is 12.5 Å². The number of aryl methyl sites for hydroxylation is 1. The van der Waals surface area contributed by atoms with Crippen LogP contribution in [0.1, 0.15) is 11.1 Å². The highest BCUT2D eigenvalue weighted by Crippen LogP contribution is 2.32. The van der Waals surface area contributed by atoms with Gasteiger partial charge in [0.05, 0.1) is 17.7 Å². The van der Waals surface area contributed by atoms with E-state index in [4.69, 9.17) is 4.74 Å². The molecule has 1 heterocycles. The lowest BCUT2D eigenvalue weighted by Gasteiger charge is -2.09. The van der Waals surface area contributed by atoms with Crippen molar-refractivity contribution in [1.82, 2.24) is 5.32 Å². The van der Waals surface area contributed by atoms with Crippen LogP contribution in [0.3, 0.4) is 0 Å². The van der Waals surface area contributed by atoms with Gasteiger partial charge in [-0.05, 0) is 55.1 Å². The van der Waals surface area contributed by atoms with Crippen molar-refractivity contribution in [1.29, 1.82) is 0 Å². The first kappa shape index (κ1) is 20.2. The molecule has 0 spiro atoms. The molecule has 0 unspecified atom stereocenters. The molecule has 1 aliphatic heterocycles. The first-order valence-corrected chi connectivity index (χ1v) is 9.91. The summed E-state index contributed by atoms with van der Waals surface area (Å²) in [6.45, 7) is 1.79. The molecule has 1 N–H and O–H groups in total. The summed E-state index contributed by atoms with van der Waals surface area (Å²) in [7, 11) is 1.30. The van der Waals surface area contributed by atoms with Crippen LogP contribution in [-0.2, 0) is 14.3 Å². The van der Waals surface area contributed by atoms with Crippen LogP contribution in [0.25, 0.3) is 6.08 Å². The maximum Gasteiger partial charge on any atom is 0.343 e. The van der Waals surface area contributed by atoms with Crippen molar-refractivity contribution in [2.75, 3.05) is 13.7 Å². The van der Waals surface area contributed by atoms with Crippen LogP contribution in [0.2, 0.25) is 0 Å². The first-order valence-electron chi connectivity index (χ1n) is 8.30. The molecule has 0 saturated carbocycles. The molecule has 8 heteroatoms. The Kier molecular flexibility index (Phi) is 6.53. The number of rotatable bonds is 5. The minimum atomic E-state index is -0.484. The van der Waals surface area contributed by atoms with Crippen LogP contribution in [0.15, 0.2) is 56.8 Å². The van der Waals surface area contributed by atoms with E-state index in [9.17, 15) is 9.59 Å². The van der Waals surface area contributed by atoms with Gasteiger partial charge in [0.15, 0.2) is 11.8 Å². The highest BCUT2D eigenvalue weighted by molar-refractivity contribution is 9.10. The lowest BCUT2D eigenvalue weighted by Crippen LogP contribution is -2.19. The third-order valence-electron chi connectivity index (χ3n) is 3.75. The van der Waals surface area contributed by atoms with Gasteiger partial charge in [-0.2, -0.15) is 0 Å². The maximum absolute atomic E-state index is 12.3. The Bertz CT molecular complexity index is 971.